The van der Waals surface area contributed by atoms with Gasteiger partial charge in [0.1, 0.15) is 5.54 Å². The van der Waals surface area contributed by atoms with Gasteiger partial charge in [-0.1, -0.05) is 20.8 Å². The molecule has 1 fully saturated rings. The van der Waals surface area contributed by atoms with Gasteiger partial charge in [0.05, 0.1) is 12.6 Å². The summed E-state index contributed by atoms with van der Waals surface area (Å²) in [5.74, 6) is 0.777. The summed E-state index contributed by atoms with van der Waals surface area (Å²) in [7, 11) is 0. The first-order valence-electron chi connectivity index (χ1n) is 8.06. The molecule has 1 aliphatic heterocycles. The number of carbonyl (C=O) groups excluding carboxylic acids is 1. The average molecular weight is 294 g/mol. The topological polar surface area (TPSA) is 68.2 Å². The summed E-state index contributed by atoms with van der Waals surface area (Å²) in [4.78, 5) is 14.3. The molecule has 0 aliphatic carbocycles. The summed E-state index contributed by atoms with van der Waals surface area (Å²) in [5, 5.41) is 15.5. The molecule has 0 aromatic carbocycles. The van der Waals surface area contributed by atoms with Crippen molar-refractivity contribution in [3.63, 3.8) is 0 Å². The Bertz CT molecular complexity index is 369. The first kappa shape index (κ1) is 17.9. The highest BCUT2D eigenvalue weighted by Gasteiger charge is 2.30. The van der Waals surface area contributed by atoms with Gasteiger partial charge in [-0.25, -0.2) is 0 Å². The molecule has 1 unspecified atom stereocenters. The zero-order chi connectivity index (χ0) is 15.9. The second-order valence-electron chi connectivity index (χ2n) is 6.54. The fraction of sp³-hybridized carbons (Fsp3) is 0.875. The molecular formula is C16H30N4O. The molecule has 0 spiro atoms. The van der Waals surface area contributed by atoms with Crippen LogP contribution in [0.25, 0.3) is 0 Å². The Labute approximate surface area is 129 Å². The van der Waals surface area contributed by atoms with Crippen molar-refractivity contribution in [2.75, 3.05) is 32.7 Å². The van der Waals surface area contributed by atoms with Crippen LogP contribution in [0, 0.1) is 23.2 Å². The van der Waals surface area contributed by atoms with E-state index >= 15 is 0 Å². The zero-order valence-electron chi connectivity index (χ0n) is 13.9. The minimum Gasteiger partial charge on any atom is -0.337 e. The molecule has 0 bridgehead atoms. The quantitative estimate of drug-likeness (QED) is 0.744. The first-order chi connectivity index (χ1) is 9.91. The van der Waals surface area contributed by atoms with Gasteiger partial charge in [-0.3, -0.25) is 9.69 Å². The summed E-state index contributed by atoms with van der Waals surface area (Å²) in [5.41, 5.74) is -0.777. The molecule has 2 N–H and O–H groups in total. The molecule has 5 nitrogen and oxygen atoms in total. The summed E-state index contributed by atoms with van der Waals surface area (Å²) >= 11 is 0. The lowest BCUT2D eigenvalue weighted by Crippen LogP contribution is -2.52. The third kappa shape index (κ3) is 5.64. The monoisotopic (exact) mass is 294 g/mol. The highest BCUT2D eigenvalue weighted by Crippen LogP contribution is 2.17. The molecule has 1 aliphatic rings. The van der Waals surface area contributed by atoms with E-state index in [9.17, 15) is 10.1 Å². The molecule has 1 atom stereocenters. The lowest BCUT2D eigenvalue weighted by molar-refractivity contribution is -0.124. The van der Waals surface area contributed by atoms with Gasteiger partial charge in [-0.2, -0.15) is 5.26 Å². The number of amides is 1. The van der Waals surface area contributed by atoms with Gasteiger partial charge in [-0.05, 0) is 57.8 Å². The van der Waals surface area contributed by atoms with Crippen molar-refractivity contribution in [2.45, 2.75) is 46.1 Å². The second-order valence-corrected chi connectivity index (χ2v) is 6.54. The molecule has 0 aromatic rings. The van der Waals surface area contributed by atoms with Gasteiger partial charge in [0.15, 0.2) is 0 Å². The Morgan fingerprint density at radius 3 is 2.52 bits per heavy atom. The minimum absolute atomic E-state index is 0.0436. The van der Waals surface area contributed by atoms with Crippen LogP contribution in [0.2, 0.25) is 0 Å². The number of nitriles is 1. The van der Waals surface area contributed by atoms with Crippen molar-refractivity contribution in [3.05, 3.63) is 0 Å². The second kappa shape index (κ2) is 8.35. The smallest absolute Gasteiger partial charge is 0.235 e. The summed E-state index contributed by atoms with van der Waals surface area (Å²) in [6.07, 6.45) is 2.28. The Kier molecular flexibility index (Phi) is 7.13. The van der Waals surface area contributed by atoms with Gasteiger partial charge < -0.3 is 10.6 Å². The molecule has 5 heteroatoms. The van der Waals surface area contributed by atoms with Crippen LogP contribution in [-0.4, -0.2) is 49.1 Å². The molecule has 0 saturated carbocycles. The largest absolute Gasteiger partial charge is 0.337 e. The van der Waals surface area contributed by atoms with Crippen LogP contribution in [0.15, 0.2) is 0 Å². The van der Waals surface area contributed by atoms with E-state index in [0.717, 1.165) is 44.9 Å². The predicted octanol–water partition coefficient (Wildman–Crippen LogP) is 1.36. The van der Waals surface area contributed by atoms with Crippen molar-refractivity contribution < 1.29 is 4.79 Å². The third-order valence-corrected chi connectivity index (χ3v) is 4.54. The normalized spacial score (nSPS) is 20.0. The average Bonchev–Trinajstić information content (AvgIpc) is 2.46. The lowest BCUT2D eigenvalue weighted by Gasteiger charge is -2.33. The Balaban J connectivity index is 2.35. The van der Waals surface area contributed by atoms with Gasteiger partial charge in [-0.15, -0.1) is 0 Å². The van der Waals surface area contributed by atoms with E-state index in [1.807, 2.05) is 13.8 Å². The van der Waals surface area contributed by atoms with E-state index in [-0.39, 0.29) is 11.8 Å². The highest BCUT2D eigenvalue weighted by atomic mass is 16.2. The predicted molar refractivity (Wildman–Crippen MR) is 84.7 cm³/mol. The SMILES string of the molecule is CCNCC1CCN(CC(=O)NC(C)(C#N)C(C)C)CC1. The van der Waals surface area contributed by atoms with Crippen molar-refractivity contribution >= 4 is 5.91 Å². The number of likely N-dealkylation sites (tertiary alicyclic amines) is 1. The van der Waals surface area contributed by atoms with E-state index in [4.69, 9.17) is 0 Å². The van der Waals surface area contributed by atoms with Crippen LogP contribution in [0.1, 0.15) is 40.5 Å². The molecule has 1 heterocycles. The lowest BCUT2D eigenvalue weighted by atomic mass is 9.90. The fourth-order valence-electron chi connectivity index (χ4n) is 2.53. The number of rotatable bonds is 7. The van der Waals surface area contributed by atoms with Crippen LogP contribution in [0.5, 0.6) is 0 Å². The fourth-order valence-corrected chi connectivity index (χ4v) is 2.53. The van der Waals surface area contributed by atoms with E-state index in [1.54, 1.807) is 6.92 Å². The van der Waals surface area contributed by atoms with Gasteiger partial charge >= 0.3 is 0 Å². The standard InChI is InChI=1S/C16H30N4O/c1-5-18-10-14-6-8-20(9-7-14)11-15(21)19-16(4,12-17)13(2)3/h13-14,18H,5-11H2,1-4H3,(H,19,21). The van der Waals surface area contributed by atoms with Gasteiger partial charge in [0, 0.05) is 0 Å². The Morgan fingerprint density at radius 1 is 1.43 bits per heavy atom. The Morgan fingerprint density at radius 2 is 2.05 bits per heavy atom. The molecule has 1 saturated heterocycles. The van der Waals surface area contributed by atoms with E-state index in [2.05, 4.69) is 28.5 Å². The van der Waals surface area contributed by atoms with E-state index in [1.165, 1.54) is 0 Å². The van der Waals surface area contributed by atoms with Crippen LogP contribution in [0.3, 0.4) is 0 Å². The molecule has 120 valence electrons. The van der Waals surface area contributed by atoms with Crippen molar-refractivity contribution in [1.82, 2.24) is 15.5 Å². The van der Waals surface area contributed by atoms with Crippen LogP contribution < -0.4 is 10.6 Å². The molecule has 1 rings (SSSR count). The molecule has 0 radical (unpaired) electrons. The van der Waals surface area contributed by atoms with Crippen LogP contribution in [0.4, 0.5) is 0 Å². The summed E-state index contributed by atoms with van der Waals surface area (Å²) in [6.45, 7) is 12.3. The maximum Gasteiger partial charge on any atom is 0.235 e. The maximum absolute atomic E-state index is 12.1. The van der Waals surface area contributed by atoms with Crippen molar-refractivity contribution in [3.8, 4) is 6.07 Å². The summed E-state index contributed by atoms with van der Waals surface area (Å²) in [6, 6.07) is 2.22. The minimum atomic E-state index is -0.777. The zero-order valence-corrected chi connectivity index (χ0v) is 13.9. The third-order valence-electron chi connectivity index (χ3n) is 4.54. The summed E-state index contributed by atoms with van der Waals surface area (Å²) < 4.78 is 0. The highest BCUT2D eigenvalue weighted by molar-refractivity contribution is 5.79. The number of hydrogen-bond acceptors (Lipinski definition) is 4. The van der Waals surface area contributed by atoms with Crippen molar-refractivity contribution in [2.24, 2.45) is 11.8 Å². The molecular weight excluding hydrogens is 264 g/mol. The number of nitrogens with zero attached hydrogens (tertiary/aromatic N) is 2. The number of hydrogen-bond donors (Lipinski definition) is 2. The van der Waals surface area contributed by atoms with Gasteiger partial charge in [0.2, 0.25) is 5.91 Å². The maximum atomic E-state index is 12.1. The number of nitrogens with one attached hydrogen (secondary N) is 2. The number of piperidine rings is 1. The first-order valence-corrected chi connectivity index (χ1v) is 8.06. The van der Waals surface area contributed by atoms with E-state index in [0.29, 0.717) is 6.54 Å². The molecule has 1 amide bonds. The van der Waals surface area contributed by atoms with Crippen LogP contribution >= 0.6 is 0 Å². The van der Waals surface area contributed by atoms with E-state index < -0.39 is 5.54 Å². The molecule has 21 heavy (non-hydrogen) atoms. The Hall–Kier alpha value is -1.12. The van der Waals surface area contributed by atoms with Crippen LogP contribution in [-0.2, 0) is 4.79 Å². The number of carbonyl (C=O) groups is 1. The van der Waals surface area contributed by atoms with Gasteiger partial charge in [0.25, 0.3) is 0 Å². The van der Waals surface area contributed by atoms with Crippen molar-refractivity contribution in [1.29, 1.82) is 5.26 Å². The molecule has 0 aromatic heterocycles.